The molecule has 0 atom stereocenters. The fourth-order valence-corrected chi connectivity index (χ4v) is 3.55. The van der Waals surface area contributed by atoms with Gasteiger partial charge in [-0.05, 0) is 60.9 Å². The number of fused-ring (bicyclic) bond motifs is 1. The van der Waals surface area contributed by atoms with E-state index in [0.717, 1.165) is 11.1 Å². The number of carbonyl (C=O) groups is 1. The Bertz CT molecular complexity index is 1520. The Balaban J connectivity index is 1.68. The number of halogens is 1. The number of ether oxygens (including phenoxy) is 1. The molecular weight excluding hydrogens is 464 g/mol. The number of carbonyl (C=O) groups excluding carboxylic acids is 1. The van der Waals surface area contributed by atoms with E-state index in [0.29, 0.717) is 29.4 Å². The predicted molar refractivity (Wildman–Crippen MR) is 134 cm³/mol. The topological polar surface area (TPSA) is 96.5 Å². The van der Waals surface area contributed by atoms with Crippen molar-refractivity contribution in [1.29, 1.82) is 5.26 Å². The summed E-state index contributed by atoms with van der Waals surface area (Å²) in [6.07, 6.45) is 3.38. The first kappa shape index (κ1) is 23.7. The Morgan fingerprint density at radius 3 is 2.69 bits per heavy atom. The van der Waals surface area contributed by atoms with Crippen LogP contribution in [0.5, 0.6) is 11.6 Å². The maximum atomic E-state index is 13.3. The highest BCUT2D eigenvalue weighted by Crippen LogP contribution is 2.27. The Hall–Kier alpha value is -4.41. The zero-order chi connectivity index (χ0) is 24.8. The molecule has 35 heavy (non-hydrogen) atoms. The number of nitrogens with one attached hydrogen (secondary N) is 1. The normalized spacial score (nSPS) is 11.2. The Morgan fingerprint density at radius 2 is 1.94 bits per heavy atom. The van der Waals surface area contributed by atoms with Gasteiger partial charge in [-0.25, -0.2) is 0 Å². The summed E-state index contributed by atoms with van der Waals surface area (Å²) < 4.78 is 7.26. The smallest absolute Gasteiger partial charge is 0.269 e. The van der Waals surface area contributed by atoms with Gasteiger partial charge in [0.25, 0.3) is 11.5 Å². The average Bonchev–Trinajstić information content (AvgIpc) is 2.87. The van der Waals surface area contributed by atoms with Crippen LogP contribution in [0.4, 0.5) is 0 Å². The SMILES string of the molecule is Cc1cc(Oc2nc3ccccn3c(=O)c2/C=C(\C#N)C(=O)NCCc2ccccc2)ccc1Cl. The Kier molecular flexibility index (Phi) is 7.24. The summed E-state index contributed by atoms with van der Waals surface area (Å²) in [5, 5.41) is 13.0. The number of amides is 1. The van der Waals surface area contributed by atoms with E-state index < -0.39 is 11.5 Å². The van der Waals surface area contributed by atoms with Gasteiger partial charge >= 0.3 is 0 Å². The van der Waals surface area contributed by atoms with Crippen LogP contribution in [0.25, 0.3) is 11.7 Å². The summed E-state index contributed by atoms with van der Waals surface area (Å²) in [6, 6.07) is 21.7. The second-order valence-corrected chi connectivity index (χ2v) is 8.15. The quantitative estimate of drug-likeness (QED) is 0.302. The van der Waals surface area contributed by atoms with Crippen molar-refractivity contribution in [2.24, 2.45) is 0 Å². The van der Waals surface area contributed by atoms with Gasteiger partial charge in [-0.3, -0.25) is 14.0 Å². The van der Waals surface area contributed by atoms with Gasteiger partial charge < -0.3 is 10.1 Å². The van der Waals surface area contributed by atoms with E-state index in [4.69, 9.17) is 16.3 Å². The molecule has 2 heterocycles. The molecule has 0 bridgehead atoms. The minimum atomic E-state index is -0.589. The van der Waals surface area contributed by atoms with Crippen LogP contribution in [0.3, 0.4) is 0 Å². The van der Waals surface area contributed by atoms with E-state index in [1.165, 1.54) is 10.5 Å². The summed E-state index contributed by atoms with van der Waals surface area (Å²) in [4.78, 5) is 30.4. The number of aryl methyl sites for hydroxylation is 1. The standard InChI is InChI=1S/C27H21ClN4O3/c1-18-15-21(10-11-23(18)28)35-26-22(27(34)32-14-6-5-9-24(32)31-26)16-20(17-29)25(33)30-13-12-19-7-3-2-4-8-19/h2-11,14-16H,12-13H2,1H3,(H,30,33)/b20-16+. The summed E-state index contributed by atoms with van der Waals surface area (Å²) >= 11 is 6.11. The van der Waals surface area contributed by atoms with Crippen LogP contribution in [0.2, 0.25) is 5.02 Å². The third-order valence-corrected chi connectivity index (χ3v) is 5.70. The van der Waals surface area contributed by atoms with Crippen molar-refractivity contribution in [2.45, 2.75) is 13.3 Å². The van der Waals surface area contributed by atoms with Crippen LogP contribution in [0, 0.1) is 18.3 Å². The van der Waals surface area contributed by atoms with Crippen LogP contribution >= 0.6 is 11.6 Å². The lowest BCUT2D eigenvalue weighted by atomic mass is 10.1. The maximum Gasteiger partial charge on any atom is 0.269 e. The van der Waals surface area contributed by atoms with E-state index in [1.54, 1.807) is 42.6 Å². The van der Waals surface area contributed by atoms with Crippen LogP contribution < -0.4 is 15.6 Å². The molecule has 0 saturated heterocycles. The molecule has 0 saturated carbocycles. The van der Waals surface area contributed by atoms with Crippen LogP contribution in [-0.2, 0) is 11.2 Å². The second-order valence-electron chi connectivity index (χ2n) is 7.74. The summed E-state index contributed by atoms with van der Waals surface area (Å²) in [7, 11) is 0. The van der Waals surface area contributed by atoms with Crippen LogP contribution in [0.15, 0.2) is 83.3 Å². The van der Waals surface area contributed by atoms with E-state index in [2.05, 4.69) is 10.3 Å². The molecule has 2 aromatic carbocycles. The minimum Gasteiger partial charge on any atom is -0.438 e. The maximum absolute atomic E-state index is 13.3. The zero-order valence-electron chi connectivity index (χ0n) is 18.9. The van der Waals surface area contributed by atoms with Crippen LogP contribution in [-0.4, -0.2) is 21.8 Å². The van der Waals surface area contributed by atoms with Gasteiger partial charge in [0.15, 0.2) is 0 Å². The first-order valence-corrected chi connectivity index (χ1v) is 11.2. The van der Waals surface area contributed by atoms with E-state index in [9.17, 15) is 14.9 Å². The van der Waals surface area contributed by atoms with Gasteiger partial charge in [-0.2, -0.15) is 10.2 Å². The largest absolute Gasteiger partial charge is 0.438 e. The number of rotatable bonds is 7. The van der Waals surface area contributed by atoms with E-state index >= 15 is 0 Å². The Morgan fingerprint density at radius 1 is 1.17 bits per heavy atom. The molecule has 0 aliphatic heterocycles. The number of hydrogen-bond acceptors (Lipinski definition) is 5. The number of pyridine rings is 1. The Labute approximate surface area is 206 Å². The van der Waals surface area contributed by atoms with E-state index in [-0.39, 0.29) is 17.0 Å². The first-order chi connectivity index (χ1) is 17.0. The molecule has 0 aliphatic rings. The molecule has 7 nitrogen and oxygen atoms in total. The van der Waals surface area contributed by atoms with Crippen molar-refractivity contribution in [1.82, 2.24) is 14.7 Å². The molecule has 0 spiro atoms. The highest BCUT2D eigenvalue weighted by atomic mass is 35.5. The summed E-state index contributed by atoms with van der Waals surface area (Å²) in [5.74, 6) is -0.193. The highest BCUT2D eigenvalue weighted by Gasteiger charge is 2.17. The highest BCUT2D eigenvalue weighted by molar-refractivity contribution is 6.31. The number of hydrogen-bond donors (Lipinski definition) is 1. The van der Waals surface area contributed by atoms with Crippen molar-refractivity contribution < 1.29 is 9.53 Å². The van der Waals surface area contributed by atoms with E-state index in [1.807, 2.05) is 43.3 Å². The molecule has 0 unspecified atom stereocenters. The molecule has 2 aromatic heterocycles. The van der Waals surface area contributed by atoms with Crippen molar-refractivity contribution in [3.8, 4) is 17.7 Å². The summed E-state index contributed by atoms with van der Waals surface area (Å²) in [5.41, 5.74) is 1.49. The molecule has 1 N–H and O–H groups in total. The summed E-state index contributed by atoms with van der Waals surface area (Å²) in [6.45, 7) is 2.16. The average molecular weight is 485 g/mol. The number of nitriles is 1. The molecular formula is C27H21ClN4O3. The van der Waals surface area contributed by atoms with Gasteiger partial charge in [0.05, 0.1) is 0 Å². The lowest BCUT2D eigenvalue weighted by Gasteiger charge is -2.11. The van der Waals surface area contributed by atoms with Crippen molar-refractivity contribution in [2.75, 3.05) is 6.54 Å². The predicted octanol–water partition coefficient (Wildman–Crippen LogP) is 4.71. The van der Waals surface area contributed by atoms with Crippen molar-refractivity contribution >= 4 is 29.2 Å². The molecule has 8 heteroatoms. The molecule has 4 rings (SSSR count). The number of benzene rings is 2. The van der Waals surface area contributed by atoms with Gasteiger partial charge in [-0.15, -0.1) is 0 Å². The number of nitrogens with zero attached hydrogens (tertiary/aromatic N) is 3. The van der Waals surface area contributed by atoms with Crippen molar-refractivity contribution in [3.63, 3.8) is 0 Å². The molecule has 174 valence electrons. The van der Waals surface area contributed by atoms with Crippen LogP contribution in [0.1, 0.15) is 16.7 Å². The van der Waals surface area contributed by atoms with Gasteiger partial charge in [0, 0.05) is 17.8 Å². The lowest BCUT2D eigenvalue weighted by Crippen LogP contribution is -2.27. The lowest BCUT2D eigenvalue weighted by molar-refractivity contribution is -0.117. The third-order valence-electron chi connectivity index (χ3n) is 5.27. The number of aromatic nitrogens is 2. The molecule has 1 amide bonds. The second kappa shape index (κ2) is 10.7. The fourth-order valence-electron chi connectivity index (χ4n) is 3.43. The van der Waals surface area contributed by atoms with Gasteiger partial charge in [-0.1, -0.05) is 48.0 Å². The molecule has 0 fully saturated rings. The molecule has 0 aliphatic carbocycles. The first-order valence-electron chi connectivity index (χ1n) is 10.9. The minimum absolute atomic E-state index is 0.0175. The monoisotopic (exact) mass is 484 g/mol. The molecule has 0 radical (unpaired) electrons. The van der Waals surface area contributed by atoms with Crippen molar-refractivity contribution in [3.05, 3.63) is 111 Å². The van der Waals surface area contributed by atoms with Gasteiger partial charge in [0.1, 0.15) is 28.6 Å². The molecule has 4 aromatic rings. The zero-order valence-corrected chi connectivity index (χ0v) is 19.6. The van der Waals surface area contributed by atoms with Gasteiger partial charge in [0.2, 0.25) is 5.88 Å². The third kappa shape index (κ3) is 5.57. The fraction of sp³-hybridized carbons (Fsp3) is 0.111.